The molecule has 1 aliphatic heterocycles. The molecule has 1 amide bonds. The van der Waals surface area contributed by atoms with E-state index < -0.39 is 0 Å². The number of pyridine rings is 1. The van der Waals surface area contributed by atoms with Gasteiger partial charge in [0.1, 0.15) is 0 Å². The average Bonchev–Trinajstić information content (AvgIpc) is 3.35. The Bertz CT molecular complexity index is 957. The van der Waals surface area contributed by atoms with Crippen LogP contribution in [0, 0.1) is 6.92 Å². The molecule has 1 aromatic heterocycles. The number of benzene rings is 1. The largest absolute Gasteiger partial charge is 0.350 e. The number of nitrogens with one attached hydrogen (secondary N) is 2. The lowest BCUT2D eigenvalue weighted by atomic mass is 9.97. The van der Waals surface area contributed by atoms with Crippen LogP contribution in [0.4, 0.5) is 0 Å². The van der Waals surface area contributed by atoms with Crippen molar-refractivity contribution >= 4 is 23.1 Å². The van der Waals surface area contributed by atoms with Gasteiger partial charge >= 0.3 is 0 Å². The second-order valence-corrected chi connectivity index (χ2v) is 7.61. The molecule has 1 atom stereocenters. The van der Waals surface area contributed by atoms with Gasteiger partial charge in [0.05, 0.1) is 0 Å². The maximum atomic E-state index is 12.5. The molecule has 0 unspecified atom stereocenters. The van der Waals surface area contributed by atoms with Crippen molar-refractivity contribution in [3.05, 3.63) is 74.2 Å². The topological polar surface area (TPSA) is 62.0 Å². The number of aromatic amines is 1. The van der Waals surface area contributed by atoms with Gasteiger partial charge in [-0.3, -0.25) is 9.59 Å². The third-order valence-corrected chi connectivity index (χ3v) is 5.37. The zero-order valence-corrected chi connectivity index (χ0v) is 15.4. The zero-order chi connectivity index (χ0) is 18.3. The molecule has 1 aliphatic carbocycles. The predicted molar refractivity (Wildman–Crippen MR) is 103 cm³/mol. The first kappa shape index (κ1) is 17.1. The summed E-state index contributed by atoms with van der Waals surface area (Å²) < 4.78 is 0. The van der Waals surface area contributed by atoms with Crippen molar-refractivity contribution in [2.75, 3.05) is 0 Å². The highest BCUT2D eigenvalue weighted by molar-refractivity contribution is 6.32. The maximum Gasteiger partial charge on any atom is 0.251 e. The van der Waals surface area contributed by atoms with Gasteiger partial charge in [0, 0.05) is 39.9 Å². The van der Waals surface area contributed by atoms with E-state index in [-0.39, 0.29) is 17.5 Å². The van der Waals surface area contributed by atoms with Crippen molar-refractivity contribution in [1.82, 2.24) is 10.3 Å². The number of aryl methyl sites for hydroxylation is 1. The zero-order valence-electron chi connectivity index (χ0n) is 14.6. The normalized spacial score (nSPS) is 20.3. The van der Waals surface area contributed by atoms with Crippen LogP contribution in [0.25, 0.3) is 5.57 Å². The molecule has 0 radical (unpaired) electrons. The molecule has 2 N–H and O–H groups in total. The van der Waals surface area contributed by atoms with E-state index in [1.54, 1.807) is 0 Å². The fourth-order valence-electron chi connectivity index (χ4n) is 3.48. The van der Waals surface area contributed by atoms with Gasteiger partial charge < -0.3 is 10.3 Å². The summed E-state index contributed by atoms with van der Waals surface area (Å²) in [6, 6.07) is 9.70. The minimum absolute atomic E-state index is 0.0328. The van der Waals surface area contributed by atoms with E-state index in [1.807, 2.05) is 43.3 Å². The Morgan fingerprint density at radius 2 is 1.96 bits per heavy atom. The molecule has 2 aliphatic rings. The summed E-state index contributed by atoms with van der Waals surface area (Å²) in [6.07, 6.45) is 5.44. The minimum atomic E-state index is -0.0542. The Morgan fingerprint density at radius 3 is 2.58 bits per heavy atom. The van der Waals surface area contributed by atoms with Gasteiger partial charge in [0.2, 0.25) is 5.91 Å². The number of rotatable bonds is 4. The molecule has 0 bridgehead atoms. The molecule has 4 nitrogen and oxygen atoms in total. The first-order valence-electron chi connectivity index (χ1n) is 9.02. The number of carbonyl (C=O) groups is 1. The van der Waals surface area contributed by atoms with Gasteiger partial charge in [-0.1, -0.05) is 35.9 Å². The monoisotopic (exact) mass is 368 g/mol. The predicted octanol–water partition coefficient (Wildman–Crippen LogP) is 3.92. The molecule has 134 valence electrons. The average molecular weight is 369 g/mol. The number of H-pyrrole nitrogens is 1. The maximum absolute atomic E-state index is 12.5. The Balaban J connectivity index is 1.79. The Hall–Kier alpha value is -2.33. The molecule has 4 rings (SSSR count). The van der Waals surface area contributed by atoms with Gasteiger partial charge in [-0.2, -0.15) is 0 Å². The standard InChI is InChI=1S/C21H21ClN2O2/c1-12-2-6-16(18(22)10-12)17(11-14-5-9-20(25)23-14)19-8-7-15(13-3-4-13)21(26)24-19/h2,6-8,10-11,13-14H,3-5,9H2,1H3,(H,23,25)(H,24,26)/b17-11+/t14-/m1/s1. The molecular weight excluding hydrogens is 348 g/mol. The first-order chi connectivity index (χ1) is 12.5. The van der Waals surface area contributed by atoms with E-state index in [9.17, 15) is 9.59 Å². The van der Waals surface area contributed by atoms with Crippen LogP contribution in [0.1, 0.15) is 54.0 Å². The number of aromatic nitrogens is 1. The lowest BCUT2D eigenvalue weighted by Crippen LogP contribution is -2.23. The smallest absolute Gasteiger partial charge is 0.251 e. The summed E-state index contributed by atoms with van der Waals surface area (Å²) >= 11 is 6.50. The summed E-state index contributed by atoms with van der Waals surface area (Å²) in [6.45, 7) is 1.99. The first-order valence-corrected chi connectivity index (χ1v) is 9.40. The Kier molecular flexibility index (Phi) is 4.45. The van der Waals surface area contributed by atoms with Gasteiger partial charge in [0.15, 0.2) is 0 Å². The minimum Gasteiger partial charge on any atom is -0.350 e. The summed E-state index contributed by atoms with van der Waals surface area (Å²) in [7, 11) is 0. The molecule has 0 spiro atoms. The summed E-state index contributed by atoms with van der Waals surface area (Å²) in [4.78, 5) is 27.1. The fraction of sp³-hybridized carbons (Fsp3) is 0.333. The van der Waals surface area contributed by atoms with Crippen LogP contribution in [0.15, 0.2) is 41.2 Å². The molecule has 1 saturated carbocycles. The third-order valence-electron chi connectivity index (χ3n) is 5.06. The van der Waals surface area contributed by atoms with Crippen LogP contribution in [-0.4, -0.2) is 16.9 Å². The van der Waals surface area contributed by atoms with Crippen LogP contribution in [0.5, 0.6) is 0 Å². The van der Waals surface area contributed by atoms with Crippen molar-refractivity contribution in [1.29, 1.82) is 0 Å². The van der Waals surface area contributed by atoms with Gasteiger partial charge in [-0.15, -0.1) is 0 Å². The molecule has 26 heavy (non-hydrogen) atoms. The molecule has 1 aromatic carbocycles. The highest BCUT2D eigenvalue weighted by atomic mass is 35.5. The quantitative estimate of drug-likeness (QED) is 0.859. The SMILES string of the molecule is Cc1ccc(/C(=C\[C@H]2CCC(=O)N2)c2ccc(C3CC3)c(=O)[nH]2)c(Cl)c1. The second-order valence-electron chi connectivity index (χ2n) is 7.21. The van der Waals surface area contributed by atoms with Crippen molar-refractivity contribution < 1.29 is 4.79 Å². The van der Waals surface area contributed by atoms with Crippen LogP contribution in [-0.2, 0) is 4.79 Å². The van der Waals surface area contributed by atoms with Crippen LogP contribution in [0.2, 0.25) is 5.02 Å². The number of amides is 1. The van der Waals surface area contributed by atoms with Gasteiger partial charge in [-0.25, -0.2) is 0 Å². The summed E-state index contributed by atoms with van der Waals surface area (Å²) in [5.74, 6) is 0.454. The second kappa shape index (κ2) is 6.76. The molecule has 2 aromatic rings. The molecule has 2 heterocycles. The Labute approximate surface area is 157 Å². The molecule has 2 fully saturated rings. The lowest BCUT2D eigenvalue weighted by Gasteiger charge is -2.14. The van der Waals surface area contributed by atoms with E-state index in [2.05, 4.69) is 10.3 Å². The van der Waals surface area contributed by atoms with Crippen molar-refractivity contribution in [2.24, 2.45) is 0 Å². The summed E-state index contributed by atoms with van der Waals surface area (Å²) in [5, 5.41) is 3.59. The van der Waals surface area contributed by atoms with E-state index in [0.717, 1.165) is 47.2 Å². The molecular formula is C21H21ClN2O2. The van der Waals surface area contributed by atoms with E-state index in [1.165, 1.54) is 0 Å². The van der Waals surface area contributed by atoms with Crippen molar-refractivity contribution in [3.63, 3.8) is 0 Å². The number of hydrogen-bond acceptors (Lipinski definition) is 2. The van der Waals surface area contributed by atoms with Crippen LogP contribution >= 0.6 is 11.6 Å². The van der Waals surface area contributed by atoms with E-state index >= 15 is 0 Å². The number of halogens is 1. The van der Waals surface area contributed by atoms with Crippen molar-refractivity contribution in [2.45, 2.75) is 44.6 Å². The van der Waals surface area contributed by atoms with Crippen molar-refractivity contribution in [3.8, 4) is 0 Å². The number of carbonyl (C=O) groups excluding carboxylic acids is 1. The van der Waals surface area contributed by atoms with E-state index in [4.69, 9.17) is 11.6 Å². The van der Waals surface area contributed by atoms with Crippen LogP contribution < -0.4 is 10.9 Å². The summed E-state index contributed by atoms with van der Waals surface area (Å²) in [5.41, 5.74) is 4.33. The van der Waals surface area contributed by atoms with Gasteiger partial charge in [-0.05, 0) is 49.8 Å². The lowest BCUT2D eigenvalue weighted by molar-refractivity contribution is -0.119. The Morgan fingerprint density at radius 1 is 1.15 bits per heavy atom. The molecule has 5 heteroatoms. The van der Waals surface area contributed by atoms with Crippen LogP contribution in [0.3, 0.4) is 0 Å². The number of hydrogen-bond donors (Lipinski definition) is 2. The highest BCUT2D eigenvalue weighted by Crippen LogP contribution is 2.38. The fourth-order valence-corrected chi connectivity index (χ4v) is 3.82. The van der Waals surface area contributed by atoms with Gasteiger partial charge in [0.25, 0.3) is 5.56 Å². The third kappa shape index (κ3) is 3.47. The van der Waals surface area contributed by atoms with E-state index in [0.29, 0.717) is 17.4 Å². The highest BCUT2D eigenvalue weighted by Gasteiger charge is 2.27. The molecule has 1 saturated heterocycles.